The number of hydrogen-bond donors (Lipinski definition) is 1. The fourth-order valence-electron chi connectivity index (χ4n) is 4.08. The maximum absolute atomic E-state index is 11.7. The Morgan fingerprint density at radius 1 is 0.567 bits per heavy atom. The highest BCUT2D eigenvalue weighted by atomic mass is 16.1. The Hall–Kier alpha value is -0.570. The van der Waals surface area contributed by atoms with Crippen molar-refractivity contribution in [3.05, 3.63) is 0 Å². The third-order valence-corrected chi connectivity index (χ3v) is 6.11. The van der Waals surface area contributed by atoms with Crippen LogP contribution in [0.3, 0.4) is 0 Å². The van der Waals surface area contributed by atoms with Crippen molar-refractivity contribution >= 4 is 5.91 Å². The van der Waals surface area contributed by atoms with Gasteiger partial charge in [-0.15, -0.1) is 0 Å². The predicted octanol–water partition coefficient (Wildman–Crippen LogP) is 7.88. The zero-order valence-corrected chi connectivity index (χ0v) is 21.1. The normalized spacial score (nSPS) is 11.3. The van der Waals surface area contributed by atoms with Crippen LogP contribution in [-0.2, 0) is 4.79 Å². The van der Waals surface area contributed by atoms with Gasteiger partial charge in [0, 0.05) is 13.0 Å². The lowest BCUT2D eigenvalue weighted by atomic mass is 10.0. The van der Waals surface area contributed by atoms with Gasteiger partial charge in [0.15, 0.2) is 0 Å². The molecule has 180 valence electrons. The molecule has 0 rings (SSSR count). The second kappa shape index (κ2) is 24.7. The topological polar surface area (TPSA) is 32.3 Å². The molecule has 0 fully saturated rings. The van der Waals surface area contributed by atoms with E-state index >= 15 is 0 Å². The van der Waals surface area contributed by atoms with Gasteiger partial charge < -0.3 is 10.2 Å². The van der Waals surface area contributed by atoms with Gasteiger partial charge in [-0.3, -0.25) is 4.79 Å². The van der Waals surface area contributed by atoms with Crippen molar-refractivity contribution in [2.45, 2.75) is 142 Å². The summed E-state index contributed by atoms with van der Waals surface area (Å²) >= 11 is 0. The number of nitrogens with one attached hydrogen (secondary N) is 1. The second-order valence-electron chi connectivity index (χ2n) is 9.62. The molecule has 1 N–H and O–H groups in total. The van der Waals surface area contributed by atoms with Crippen LogP contribution >= 0.6 is 0 Å². The molecule has 0 unspecified atom stereocenters. The summed E-state index contributed by atoms with van der Waals surface area (Å²) in [6.45, 7) is 4.15. The quantitative estimate of drug-likeness (QED) is 0.160. The molecule has 3 nitrogen and oxygen atoms in total. The maximum atomic E-state index is 11.7. The molecule has 0 bridgehead atoms. The molecule has 0 aromatic carbocycles. The minimum Gasteiger partial charge on any atom is -0.356 e. The minimum absolute atomic E-state index is 0.237. The van der Waals surface area contributed by atoms with Gasteiger partial charge >= 0.3 is 0 Å². The molecule has 0 spiro atoms. The van der Waals surface area contributed by atoms with E-state index in [9.17, 15) is 4.79 Å². The van der Waals surface area contributed by atoms with Crippen LogP contribution in [0.1, 0.15) is 142 Å². The smallest absolute Gasteiger partial charge is 0.219 e. The molecule has 3 heteroatoms. The summed E-state index contributed by atoms with van der Waals surface area (Å²) in [5.41, 5.74) is 0. The van der Waals surface area contributed by atoms with Crippen LogP contribution in [0.4, 0.5) is 0 Å². The Labute approximate surface area is 190 Å². The molecule has 0 aliphatic heterocycles. The Bertz CT molecular complexity index is 344. The van der Waals surface area contributed by atoms with Crippen molar-refractivity contribution in [2.75, 3.05) is 27.2 Å². The van der Waals surface area contributed by atoms with E-state index in [2.05, 4.69) is 31.2 Å². The summed E-state index contributed by atoms with van der Waals surface area (Å²) in [5.74, 6) is 0.237. The zero-order chi connectivity index (χ0) is 22.1. The van der Waals surface area contributed by atoms with Crippen LogP contribution < -0.4 is 5.32 Å². The van der Waals surface area contributed by atoms with Crippen molar-refractivity contribution in [3.8, 4) is 0 Å². The molecule has 0 saturated heterocycles. The Morgan fingerprint density at radius 2 is 0.933 bits per heavy atom. The van der Waals surface area contributed by atoms with E-state index in [0.717, 1.165) is 25.9 Å². The van der Waals surface area contributed by atoms with E-state index < -0.39 is 0 Å². The molecule has 0 saturated carbocycles. The second-order valence-corrected chi connectivity index (χ2v) is 9.62. The van der Waals surface area contributed by atoms with Crippen molar-refractivity contribution in [1.82, 2.24) is 10.2 Å². The highest BCUT2D eigenvalue weighted by Crippen LogP contribution is 2.14. The van der Waals surface area contributed by atoms with Gasteiger partial charge in [0.1, 0.15) is 0 Å². The number of hydrogen-bond acceptors (Lipinski definition) is 2. The number of carbonyl (C=O) groups excluding carboxylic acids is 1. The lowest BCUT2D eigenvalue weighted by molar-refractivity contribution is -0.121. The molecule has 30 heavy (non-hydrogen) atoms. The molecule has 0 aromatic rings. The minimum atomic E-state index is 0.237. The fraction of sp³-hybridized carbons (Fsp3) is 0.963. The summed E-state index contributed by atoms with van der Waals surface area (Å²) in [5, 5.41) is 3.03. The van der Waals surface area contributed by atoms with Crippen molar-refractivity contribution in [1.29, 1.82) is 0 Å². The van der Waals surface area contributed by atoms with E-state index in [1.807, 2.05) is 0 Å². The number of rotatable bonds is 24. The Balaban J connectivity index is 3.10. The highest BCUT2D eigenvalue weighted by Gasteiger charge is 2.01. The first kappa shape index (κ1) is 29.4. The molecule has 0 aliphatic rings. The van der Waals surface area contributed by atoms with Gasteiger partial charge in [0.2, 0.25) is 5.91 Å². The van der Waals surface area contributed by atoms with Gasteiger partial charge in [0.05, 0.1) is 0 Å². The van der Waals surface area contributed by atoms with Crippen LogP contribution in [0.15, 0.2) is 0 Å². The average Bonchev–Trinajstić information content (AvgIpc) is 2.72. The van der Waals surface area contributed by atoms with E-state index in [1.165, 1.54) is 116 Å². The molecule has 0 atom stereocenters. The number of unbranched alkanes of at least 4 members (excludes halogenated alkanes) is 18. The highest BCUT2D eigenvalue weighted by molar-refractivity contribution is 5.75. The third kappa shape index (κ3) is 25.5. The van der Waals surface area contributed by atoms with E-state index in [0.29, 0.717) is 6.42 Å². The summed E-state index contributed by atoms with van der Waals surface area (Å²) in [4.78, 5) is 13.9. The molecule has 0 aromatic heterocycles. The third-order valence-electron chi connectivity index (χ3n) is 6.11. The van der Waals surface area contributed by atoms with Crippen LogP contribution in [0.5, 0.6) is 0 Å². The Kier molecular flexibility index (Phi) is 24.2. The number of carbonyl (C=O) groups is 1. The number of nitrogens with zero attached hydrogens (tertiary/aromatic N) is 1. The molecule has 0 aliphatic carbocycles. The van der Waals surface area contributed by atoms with Gasteiger partial charge in [-0.2, -0.15) is 0 Å². The Morgan fingerprint density at radius 3 is 1.30 bits per heavy atom. The molecular weight excluding hydrogens is 368 g/mol. The lowest BCUT2D eigenvalue weighted by Crippen LogP contribution is -2.26. The summed E-state index contributed by atoms with van der Waals surface area (Å²) < 4.78 is 0. The fourth-order valence-corrected chi connectivity index (χ4v) is 4.08. The van der Waals surface area contributed by atoms with Gasteiger partial charge in [-0.25, -0.2) is 0 Å². The first-order valence-corrected chi connectivity index (χ1v) is 13.6. The number of amides is 1. The SMILES string of the molecule is CCCCCCCCCCCCCCCCCCCCCC(=O)NCCCN(C)C. The first-order chi connectivity index (χ1) is 14.7. The monoisotopic (exact) mass is 424 g/mol. The molecular formula is C27H56N2O. The van der Waals surface area contributed by atoms with Crippen molar-refractivity contribution < 1.29 is 4.79 Å². The van der Waals surface area contributed by atoms with E-state index in [-0.39, 0.29) is 5.91 Å². The van der Waals surface area contributed by atoms with Crippen LogP contribution in [0.2, 0.25) is 0 Å². The van der Waals surface area contributed by atoms with Crippen molar-refractivity contribution in [3.63, 3.8) is 0 Å². The first-order valence-electron chi connectivity index (χ1n) is 13.6. The van der Waals surface area contributed by atoms with Crippen LogP contribution in [-0.4, -0.2) is 38.0 Å². The van der Waals surface area contributed by atoms with Crippen LogP contribution in [0.25, 0.3) is 0 Å². The average molecular weight is 425 g/mol. The van der Waals surface area contributed by atoms with E-state index in [1.54, 1.807) is 0 Å². The van der Waals surface area contributed by atoms with Crippen molar-refractivity contribution in [2.24, 2.45) is 0 Å². The van der Waals surface area contributed by atoms with E-state index in [4.69, 9.17) is 0 Å². The predicted molar refractivity (Wildman–Crippen MR) is 134 cm³/mol. The standard InChI is InChI=1S/C27H56N2O/c1-4-5-6-7-8-9-10-11-12-13-14-15-16-17-18-19-20-21-22-24-27(30)28-25-23-26-29(2)3/h4-26H2,1-3H3,(H,28,30). The molecule has 1 amide bonds. The molecule has 0 radical (unpaired) electrons. The lowest BCUT2D eigenvalue weighted by Gasteiger charge is -2.09. The van der Waals surface area contributed by atoms with Gasteiger partial charge in [0.25, 0.3) is 0 Å². The summed E-state index contributed by atoms with van der Waals surface area (Å²) in [6, 6.07) is 0. The molecule has 0 heterocycles. The largest absolute Gasteiger partial charge is 0.356 e. The maximum Gasteiger partial charge on any atom is 0.219 e. The summed E-state index contributed by atoms with van der Waals surface area (Å²) in [6.07, 6.45) is 28.2. The van der Waals surface area contributed by atoms with Crippen LogP contribution in [0, 0.1) is 0 Å². The van der Waals surface area contributed by atoms with Gasteiger partial charge in [-0.1, -0.05) is 122 Å². The summed E-state index contributed by atoms with van der Waals surface area (Å²) in [7, 11) is 4.14. The zero-order valence-electron chi connectivity index (χ0n) is 21.1. The van der Waals surface area contributed by atoms with Gasteiger partial charge in [-0.05, 0) is 33.5 Å².